The lowest BCUT2D eigenvalue weighted by atomic mass is 9.88. The molecule has 1 nitrogen and oxygen atoms in total. The zero-order valence-electron chi connectivity index (χ0n) is 32.9. The van der Waals surface area contributed by atoms with Crippen molar-refractivity contribution in [2.24, 2.45) is 0 Å². The zero-order chi connectivity index (χ0) is 39.8. The van der Waals surface area contributed by atoms with Crippen molar-refractivity contribution in [2.45, 2.75) is 0 Å². The highest BCUT2D eigenvalue weighted by Gasteiger charge is 2.24. The van der Waals surface area contributed by atoms with Gasteiger partial charge in [-0.15, -0.1) is 11.3 Å². The molecule has 0 saturated heterocycles. The fourth-order valence-electron chi connectivity index (χ4n) is 8.99. The van der Waals surface area contributed by atoms with Gasteiger partial charge in [-0.2, -0.15) is 0 Å². The van der Waals surface area contributed by atoms with E-state index in [-0.39, 0.29) is 0 Å². The van der Waals surface area contributed by atoms with E-state index in [9.17, 15) is 0 Å². The number of benzene rings is 10. The Balaban J connectivity index is 1.17. The molecule has 0 saturated carbocycles. The number of hydrogen-bond donors (Lipinski definition) is 0. The van der Waals surface area contributed by atoms with Crippen LogP contribution < -0.4 is 4.90 Å². The minimum atomic E-state index is 1.09. The number of thiophene rings is 1. The predicted octanol–water partition coefficient (Wildman–Crippen LogP) is 17.0. The molecule has 0 radical (unpaired) electrons. The average molecular weight is 782 g/mol. The van der Waals surface area contributed by atoms with Gasteiger partial charge in [0.15, 0.2) is 0 Å². The monoisotopic (exact) mass is 781 g/mol. The highest BCUT2D eigenvalue weighted by atomic mass is 32.1. The van der Waals surface area contributed by atoms with E-state index in [1.165, 1.54) is 81.0 Å². The molecule has 11 rings (SSSR count). The number of hydrogen-bond acceptors (Lipinski definition) is 2. The summed E-state index contributed by atoms with van der Waals surface area (Å²) in [4.78, 5) is 2.49. The largest absolute Gasteiger partial charge is 0.309 e. The molecular weight excluding hydrogens is 743 g/mol. The van der Waals surface area contributed by atoms with E-state index in [1.54, 1.807) is 0 Å². The van der Waals surface area contributed by atoms with E-state index in [4.69, 9.17) is 0 Å². The number of nitrogens with zero attached hydrogens (tertiary/aromatic N) is 1. The van der Waals surface area contributed by atoms with Crippen LogP contribution >= 0.6 is 11.3 Å². The third-order valence-corrected chi connectivity index (χ3v) is 12.9. The summed E-state index contributed by atoms with van der Waals surface area (Å²) in [6.07, 6.45) is 0. The Kier molecular flexibility index (Phi) is 9.11. The molecule has 0 unspecified atom stereocenters. The molecule has 11 aromatic rings. The SMILES string of the molecule is c1ccc(-c2ccccc2-c2ccccc2-c2ccccc2N(c2cccc(-c3cccc4ccccc34)c2)c2ccccc2-c2cccc3c2sc2ccccc23)cc1. The Morgan fingerprint density at radius 1 is 0.283 bits per heavy atom. The van der Waals surface area contributed by atoms with Gasteiger partial charge < -0.3 is 4.90 Å². The second kappa shape index (κ2) is 15.3. The van der Waals surface area contributed by atoms with Gasteiger partial charge in [-0.05, 0) is 80.0 Å². The molecule has 0 aliphatic carbocycles. The zero-order valence-corrected chi connectivity index (χ0v) is 33.7. The molecular formula is C58H39NS. The fourth-order valence-corrected chi connectivity index (χ4v) is 10.2. The Labute approximate surface area is 354 Å². The normalized spacial score (nSPS) is 11.3. The van der Waals surface area contributed by atoms with Crippen LogP contribution in [0.5, 0.6) is 0 Å². The van der Waals surface area contributed by atoms with E-state index in [0.717, 1.165) is 22.6 Å². The minimum absolute atomic E-state index is 1.09. The quantitative estimate of drug-likeness (QED) is 0.148. The van der Waals surface area contributed by atoms with Crippen molar-refractivity contribution in [3.63, 3.8) is 0 Å². The van der Waals surface area contributed by atoms with Crippen LogP contribution in [-0.2, 0) is 0 Å². The molecule has 0 aliphatic rings. The molecule has 2 heteroatoms. The highest BCUT2D eigenvalue weighted by Crippen LogP contribution is 2.50. The Bertz CT molecular complexity index is 3330. The first-order valence-corrected chi connectivity index (χ1v) is 21.3. The summed E-state index contributed by atoms with van der Waals surface area (Å²) in [5.74, 6) is 0. The molecule has 1 aromatic heterocycles. The number of para-hydroxylation sites is 2. The van der Waals surface area contributed by atoms with E-state index >= 15 is 0 Å². The van der Waals surface area contributed by atoms with Crippen LogP contribution in [-0.4, -0.2) is 0 Å². The van der Waals surface area contributed by atoms with Crippen molar-refractivity contribution >= 4 is 59.3 Å². The first kappa shape index (κ1) is 35.6. The van der Waals surface area contributed by atoms with Crippen LogP contribution in [0.1, 0.15) is 0 Å². The van der Waals surface area contributed by atoms with Crippen molar-refractivity contribution < 1.29 is 0 Å². The molecule has 0 amide bonds. The van der Waals surface area contributed by atoms with E-state index in [2.05, 4.69) is 241 Å². The van der Waals surface area contributed by atoms with E-state index in [1.807, 2.05) is 11.3 Å². The van der Waals surface area contributed by atoms with Crippen molar-refractivity contribution in [3.8, 4) is 55.6 Å². The van der Waals surface area contributed by atoms with Gasteiger partial charge in [-0.3, -0.25) is 0 Å². The van der Waals surface area contributed by atoms with Crippen LogP contribution in [0.2, 0.25) is 0 Å². The highest BCUT2D eigenvalue weighted by molar-refractivity contribution is 7.26. The fraction of sp³-hybridized carbons (Fsp3) is 0. The van der Waals surface area contributed by atoms with Crippen LogP contribution in [0.4, 0.5) is 17.1 Å². The molecule has 0 atom stereocenters. The lowest BCUT2D eigenvalue weighted by Gasteiger charge is -2.31. The van der Waals surface area contributed by atoms with Gasteiger partial charge >= 0.3 is 0 Å². The number of fused-ring (bicyclic) bond motifs is 4. The molecule has 0 aliphatic heterocycles. The van der Waals surface area contributed by atoms with Crippen LogP contribution in [0.15, 0.2) is 237 Å². The number of anilines is 3. The summed E-state index contributed by atoms with van der Waals surface area (Å²) < 4.78 is 2.60. The summed E-state index contributed by atoms with van der Waals surface area (Å²) >= 11 is 1.88. The maximum atomic E-state index is 2.49. The van der Waals surface area contributed by atoms with Gasteiger partial charge in [0.1, 0.15) is 0 Å². The summed E-state index contributed by atoms with van der Waals surface area (Å²) in [7, 11) is 0. The first-order chi connectivity index (χ1) is 29.8. The second-order valence-electron chi connectivity index (χ2n) is 15.2. The first-order valence-electron chi connectivity index (χ1n) is 20.5. The van der Waals surface area contributed by atoms with E-state index in [0.29, 0.717) is 0 Å². The Morgan fingerprint density at radius 2 is 0.750 bits per heavy atom. The third kappa shape index (κ3) is 6.26. The molecule has 0 bridgehead atoms. The summed E-state index contributed by atoms with van der Waals surface area (Å²) in [5, 5.41) is 5.07. The third-order valence-electron chi connectivity index (χ3n) is 11.7. The maximum Gasteiger partial charge on any atom is 0.0540 e. The van der Waals surface area contributed by atoms with Crippen molar-refractivity contribution in [3.05, 3.63) is 237 Å². The van der Waals surface area contributed by atoms with E-state index < -0.39 is 0 Å². The van der Waals surface area contributed by atoms with Gasteiger partial charge in [-0.25, -0.2) is 0 Å². The van der Waals surface area contributed by atoms with Gasteiger partial charge in [0.05, 0.1) is 11.4 Å². The van der Waals surface area contributed by atoms with Crippen molar-refractivity contribution in [1.82, 2.24) is 0 Å². The van der Waals surface area contributed by atoms with Gasteiger partial charge in [-0.1, -0.05) is 206 Å². The van der Waals surface area contributed by atoms with Gasteiger partial charge in [0.25, 0.3) is 0 Å². The molecule has 0 N–H and O–H groups in total. The summed E-state index contributed by atoms with van der Waals surface area (Å²) in [5.41, 5.74) is 15.3. The van der Waals surface area contributed by atoms with Gasteiger partial charge in [0.2, 0.25) is 0 Å². The topological polar surface area (TPSA) is 3.24 Å². The molecule has 10 aromatic carbocycles. The van der Waals surface area contributed by atoms with Crippen molar-refractivity contribution in [1.29, 1.82) is 0 Å². The molecule has 282 valence electrons. The van der Waals surface area contributed by atoms with Gasteiger partial charge in [0, 0.05) is 42.6 Å². The minimum Gasteiger partial charge on any atom is -0.309 e. The maximum absolute atomic E-state index is 2.49. The van der Waals surface area contributed by atoms with Crippen LogP contribution in [0.25, 0.3) is 86.6 Å². The lowest BCUT2D eigenvalue weighted by Crippen LogP contribution is -2.12. The summed E-state index contributed by atoms with van der Waals surface area (Å²) in [6, 6.07) is 86.2. The molecule has 1 heterocycles. The number of rotatable bonds is 8. The molecule has 0 fully saturated rings. The lowest BCUT2D eigenvalue weighted by molar-refractivity contribution is 1.28. The summed E-state index contributed by atoms with van der Waals surface area (Å²) in [6.45, 7) is 0. The molecule has 0 spiro atoms. The predicted molar refractivity (Wildman–Crippen MR) is 259 cm³/mol. The standard InChI is InChI=1S/C58H39NS/c1-2-19-40(20-3-1)45-26-6-7-27-47(45)48-28-8-9-29-49(48)50-30-10-13-36-55(50)59(43-24-16-23-42(39-43)46-33-17-22-41-21-4-5-25-44(41)46)56-37-14-11-31-51(56)53-34-18-35-54-52-32-12-15-38-57(52)60-58(53)54/h1-39H. The Morgan fingerprint density at radius 3 is 1.52 bits per heavy atom. The second-order valence-corrected chi connectivity index (χ2v) is 16.2. The van der Waals surface area contributed by atoms with Crippen LogP contribution in [0, 0.1) is 0 Å². The smallest absolute Gasteiger partial charge is 0.0540 e. The van der Waals surface area contributed by atoms with Crippen LogP contribution in [0.3, 0.4) is 0 Å². The molecule has 60 heavy (non-hydrogen) atoms. The average Bonchev–Trinajstić information content (AvgIpc) is 3.71. The van der Waals surface area contributed by atoms with Crippen molar-refractivity contribution in [2.75, 3.05) is 4.90 Å². The Hall–Kier alpha value is -7.52.